The van der Waals surface area contributed by atoms with Crippen LogP contribution in [-0.4, -0.2) is 52.0 Å². The Morgan fingerprint density at radius 1 is 1.57 bits per heavy atom. The number of aromatic nitrogens is 2. The van der Waals surface area contributed by atoms with E-state index in [1.165, 1.54) is 20.4 Å². The van der Waals surface area contributed by atoms with Gasteiger partial charge in [0.25, 0.3) is 5.91 Å². The molecule has 116 valence electrons. The van der Waals surface area contributed by atoms with Gasteiger partial charge >= 0.3 is 0 Å². The maximum atomic E-state index is 12.1. The first-order chi connectivity index (χ1) is 10.1. The number of hydrogen-bond acceptors (Lipinski definition) is 4. The van der Waals surface area contributed by atoms with Crippen LogP contribution in [-0.2, 0) is 16.3 Å². The molecule has 0 aromatic carbocycles. The van der Waals surface area contributed by atoms with E-state index in [0.717, 1.165) is 24.4 Å². The second-order valence-corrected chi connectivity index (χ2v) is 5.35. The molecule has 7 nitrogen and oxygen atoms in total. The summed E-state index contributed by atoms with van der Waals surface area (Å²) >= 11 is 0. The summed E-state index contributed by atoms with van der Waals surface area (Å²) in [6.07, 6.45) is 5.80. The van der Waals surface area contributed by atoms with E-state index in [1.807, 2.05) is 0 Å². The third kappa shape index (κ3) is 3.41. The summed E-state index contributed by atoms with van der Waals surface area (Å²) in [5, 5.41) is 1.14. The van der Waals surface area contributed by atoms with Crippen molar-refractivity contribution in [3.63, 3.8) is 0 Å². The molecule has 21 heavy (non-hydrogen) atoms. The third-order valence-electron chi connectivity index (χ3n) is 3.81. The largest absolute Gasteiger partial charge is 0.324 e. The molecule has 2 rings (SSSR count). The second kappa shape index (κ2) is 6.71. The number of hydroxylamine groups is 2. The van der Waals surface area contributed by atoms with Crippen LogP contribution >= 0.6 is 0 Å². The Balaban J connectivity index is 2.06. The summed E-state index contributed by atoms with van der Waals surface area (Å²) in [5.41, 5.74) is 0.408. The first kappa shape index (κ1) is 15.5. The molecule has 1 atom stereocenters. The molecule has 7 heteroatoms. The van der Waals surface area contributed by atoms with Crippen molar-refractivity contribution in [1.82, 2.24) is 19.5 Å². The van der Waals surface area contributed by atoms with Gasteiger partial charge in [0.05, 0.1) is 26.3 Å². The molecule has 1 aromatic rings. The normalized spacial score (nSPS) is 18.3. The Morgan fingerprint density at radius 3 is 3.00 bits per heavy atom. The molecular formula is C14H22N4O3. The average Bonchev–Trinajstić information content (AvgIpc) is 3.05. The molecule has 1 saturated heterocycles. The predicted molar refractivity (Wildman–Crippen MR) is 76.1 cm³/mol. The monoisotopic (exact) mass is 294 g/mol. The highest BCUT2D eigenvalue weighted by Gasteiger charge is 2.29. The number of imidazole rings is 1. The number of amides is 2. The molecule has 0 spiro atoms. The number of nitrogens with zero attached hydrogens (tertiary/aromatic N) is 4. The number of hydrogen-bond donors (Lipinski definition) is 0. The summed E-state index contributed by atoms with van der Waals surface area (Å²) in [5.74, 6) is 0.277. The smallest absolute Gasteiger partial charge is 0.295 e. The molecule has 1 fully saturated rings. The SMILES string of the molecule is CCCC1CC(=O)N(Cn2cncc2C(=O)N(C)OC)C1. The van der Waals surface area contributed by atoms with E-state index in [9.17, 15) is 9.59 Å². The van der Waals surface area contributed by atoms with Gasteiger partial charge in [-0.1, -0.05) is 13.3 Å². The van der Waals surface area contributed by atoms with Gasteiger partial charge in [-0.05, 0) is 12.3 Å². The molecule has 0 saturated carbocycles. The van der Waals surface area contributed by atoms with E-state index in [4.69, 9.17) is 4.84 Å². The van der Waals surface area contributed by atoms with Gasteiger partial charge in [0, 0.05) is 20.0 Å². The van der Waals surface area contributed by atoms with E-state index in [2.05, 4.69) is 11.9 Å². The maximum Gasteiger partial charge on any atom is 0.295 e. The van der Waals surface area contributed by atoms with E-state index in [-0.39, 0.29) is 11.8 Å². The van der Waals surface area contributed by atoms with Crippen LogP contribution in [0.1, 0.15) is 36.7 Å². The fourth-order valence-corrected chi connectivity index (χ4v) is 2.63. The van der Waals surface area contributed by atoms with Crippen LogP contribution in [0.25, 0.3) is 0 Å². The third-order valence-corrected chi connectivity index (χ3v) is 3.81. The molecular weight excluding hydrogens is 272 g/mol. The van der Waals surface area contributed by atoms with Crippen LogP contribution in [0.2, 0.25) is 0 Å². The van der Waals surface area contributed by atoms with Gasteiger partial charge in [0.1, 0.15) is 5.69 Å². The lowest BCUT2D eigenvalue weighted by Crippen LogP contribution is -2.32. The van der Waals surface area contributed by atoms with Crippen molar-refractivity contribution >= 4 is 11.8 Å². The Hall–Kier alpha value is -1.89. The van der Waals surface area contributed by atoms with Crippen molar-refractivity contribution in [2.75, 3.05) is 20.7 Å². The van der Waals surface area contributed by atoms with E-state index in [1.54, 1.807) is 15.8 Å². The number of likely N-dealkylation sites (tertiary alicyclic amines) is 1. The Bertz CT molecular complexity index is 514. The zero-order chi connectivity index (χ0) is 15.4. The minimum Gasteiger partial charge on any atom is -0.324 e. The highest BCUT2D eigenvalue weighted by molar-refractivity contribution is 5.91. The van der Waals surface area contributed by atoms with Crippen molar-refractivity contribution in [2.24, 2.45) is 5.92 Å². The van der Waals surface area contributed by atoms with Crippen molar-refractivity contribution in [3.8, 4) is 0 Å². The average molecular weight is 294 g/mol. The number of rotatable bonds is 6. The minimum absolute atomic E-state index is 0.139. The van der Waals surface area contributed by atoms with Crippen molar-refractivity contribution in [3.05, 3.63) is 18.2 Å². The standard InChI is InChI=1S/C14H22N4O3/c1-4-5-11-6-13(19)17(8-11)10-18-9-15-7-12(18)14(20)16(2)21-3/h7,9,11H,4-6,8,10H2,1-3H3. The van der Waals surface area contributed by atoms with Crippen molar-refractivity contribution in [2.45, 2.75) is 32.9 Å². The van der Waals surface area contributed by atoms with Gasteiger partial charge < -0.3 is 9.47 Å². The summed E-state index contributed by atoms with van der Waals surface area (Å²) in [6, 6.07) is 0. The highest BCUT2D eigenvalue weighted by atomic mass is 16.7. The van der Waals surface area contributed by atoms with E-state index in [0.29, 0.717) is 24.7 Å². The topological polar surface area (TPSA) is 67.7 Å². The second-order valence-electron chi connectivity index (χ2n) is 5.35. The van der Waals surface area contributed by atoms with Gasteiger partial charge in [-0.15, -0.1) is 0 Å². The van der Waals surface area contributed by atoms with Crippen LogP contribution in [0.5, 0.6) is 0 Å². The van der Waals surface area contributed by atoms with Gasteiger partial charge in [-0.2, -0.15) is 0 Å². The summed E-state index contributed by atoms with van der Waals surface area (Å²) in [4.78, 5) is 34.8. The summed E-state index contributed by atoms with van der Waals surface area (Å²) in [7, 11) is 2.97. The van der Waals surface area contributed by atoms with Gasteiger partial charge in [-0.25, -0.2) is 10.0 Å². The maximum absolute atomic E-state index is 12.1. The van der Waals surface area contributed by atoms with Crippen molar-refractivity contribution < 1.29 is 14.4 Å². The molecule has 2 amide bonds. The first-order valence-corrected chi connectivity index (χ1v) is 7.16. The predicted octanol–water partition coefficient (Wildman–Crippen LogP) is 1.12. The van der Waals surface area contributed by atoms with Crippen LogP contribution in [0, 0.1) is 5.92 Å². The van der Waals surface area contributed by atoms with Gasteiger partial charge in [0.15, 0.2) is 0 Å². The zero-order valence-electron chi connectivity index (χ0n) is 12.8. The molecule has 0 aliphatic carbocycles. The summed E-state index contributed by atoms with van der Waals surface area (Å²) < 4.78 is 1.68. The lowest BCUT2D eigenvalue weighted by molar-refractivity contribution is -0.129. The first-order valence-electron chi connectivity index (χ1n) is 7.16. The molecule has 1 unspecified atom stereocenters. The minimum atomic E-state index is -0.285. The lowest BCUT2D eigenvalue weighted by Gasteiger charge is -2.20. The molecule has 0 N–H and O–H groups in total. The summed E-state index contributed by atoms with van der Waals surface area (Å²) in [6.45, 7) is 3.23. The fourth-order valence-electron chi connectivity index (χ4n) is 2.63. The molecule has 0 radical (unpaired) electrons. The Morgan fingerprint density at radius 2 is 2.33 bits per heavy atom. The molecule has 2 heterocycles. The van der Waals surface area contributed by atoms with Crippen molar-refractivity contribution in [1.29, 1.82) is 0 Å². The molecule has 0 bridgehead atoms. The van der Waals surface area contributed by atoms with Gasteiger partial charge in [-0.3, -0.25) is 14.4 Å². The van der Waals surface area contributed by atoms with Crippen LogP contribution in [0.3, 0.4) is 0 Å². The quantitative estimate of drug-likeness (QED) is 0.737. The van der Waals surface area contributed by atoms with E-state index < -0.39 is 0 Å². The van der Waals surface area contributed by atoms with Gasteiger partial charge in [0.2, 0.25) is 5.91 Å². The Kier molecular flexibility index (Phi) is 4.95. The number of carbonyl (C=O) groups is 2. The lowest BCUT2D eigenvalue weighted by atomic mass is 10.0. The van der Waals surface area contributed by atoms with E-state index >= 15 is 0 Å². The molecule has 1 aromatic heterocycles. The highest BCUT2D eigenvalue weighted by Crippen LogP contribution is 2.23. The van der Waals surface area contributed by atoms with Crippen LogP contribution in [0.15, 0.2) is 12.5 Å². The fraction of sp³-hybridized carbons (Fsp3) is 0.643. The van der Waals surface area contributed by atoms with Crippen LogP contribution < -0.4 is 0 Å². The van der Waals surface area contributed by atoms with Crippen LogP contribution in [0.4, 0.5) is 0 Å². The zero-order valence-corrected chi connectivity index (χ0v) is 12.8. The Labute approximate surface area is 124 Å². The molecule has 1 aliphatic heterocycles. The molecule has 1 aliphatic rings. The number of carbonyl (C=O) groups excluding carboxylic acids is 2.